The van der Waals surface area contributed by atoms with Crippen molar-refractivity contribution in [2.45, 2.75) is 26.7 Å². The van der Waals surface area contributed by atoms with Gasteiger partial charge in [-0.05, 0) is 43.9 Å². The van der Waals surface area contributed by atoms with Crippen molar-refractivity contribution in [3.05, 3.63) is 41.0 Å². The predicted molar refractivity (Wildman–Crippen MR) is 81.9 cm³/mol. The van der Waals surface area contributed by atoms with Gasteiger partial charge in [-0.25, -0.2) is 0 Å². The first-order chi connectivity index (χ1) is 9.97. The number of amides is 1. The number of nitrogens with zero attached hydrogens (tertiary/aromatic N) is 1. The topological polar surface area (TPSA) is 57.6 Å². The van der Waals surface area contributed by atoms with Crippen molar-refractivity contribution in [1.29, 1.82) is 0 Å². The minimum atomic E-state index is -0.814. The molecule has 21 heavy (non-hydrogen) atoms. The predicted octanol–water partition coefficient (Wildman–Crippen LogP) is 2.64. The maximum absolute atomic E-state index is 12.2. The van der Waals surface area contributed by atoms with Gasteiger partial charge in [0.05, 0.1) is 5.92 Å². The van der Waals surface area contributed by atoms with Crippen LogP contribution in [0.15, 0.2) is 24.3 Å². The maximum atomic E-state index is 12.2. The molecule has 1 N–H and O–H groups in total. The van der Waals surface area contributed by atoms with Crippen LogP contribution in [0.4, 0.5) is 0 Å². The highest BCUT2D eigenvalue weighted by atomic mass is 16.4. The van der Waals surface area contributed by atoms with Gasteiger partial charge in [0.2, 0.25) is 5.91 Å². The lowest BCUT2D eigenvalue weighted by molar-refractivity contribution is -0.144. The number of carboxylic acids is 1. The molecule has 1 heterocycles. The van der Waals surface area contributed by atoms with E-state index >= 15 is 0 Å². The summed E-state index contributed by atoms with van der Waals surface area (Å²) >= 11 is 0. The summed E-state index contributed by atoms with van der Waals surface area (Å²) < 4.78 is 0. The molecule has 0 bridgehead atoms. The second kappa shape index (κ2) is 6.57. The molecule has 1 fully saturated rings. The fraction of sp³-hybridized carbons (Fsp3) is 0.412. The van der Waals surface area contributed by atoms with Gasteiger partial charge in [0, 0.05) is 19.2 Å². The molecule has 4 heteroatoms. The number of likely N-dealkylation sites (tertiary alicyclic amines) is 1. The monoisotopic (exact) mass is 287 g/mol. The molecule has 4 nitrogen and oxygen atoms in total. The zero-order valence-corrected chi connectivity index (χ0v) is 12.5. The highest BCUT2D eigenvalue weighted by Gasteiger charge is 2.27. The van der Waals surface area contributed by atoms with Crippen LogP contribution in [-0.2, 0) is 9.59 Å². The Hall–Kier alpha value is -2.10. The van der Waals surface area contributed by atoms with Crippen LogP contribution in [0.3, 0.4) is 0 Å². The number of carbonyl (C=O) groups is 2. The fourth-order valence-corrected chi connectivity index (χ4v) is 2.66. The molecule has 2 rings (SSSR count). The van der Waals surface area contributed by atoms with Crippen molar-refractivity contribution < 1.29 is 14.7 Å². The van der Waals surface area contributed by atoms with Gasteiger partial charge < -0.3 is 10.0 Å². The largest absolute Gasteiger partial charge is 0.481 e. The van der Waals surface area contributed by atoms with Gasteiger partial charge in [0.15, 0.2) is 0 Å². The normalized spacial score (nSPS) is 19.0. The molecule has 0 aromatic heterocycles. The molecule has 112 valence electrons. The zero-order chi connectivity index (χ0) is 15.4. The van der Waals surface area contributed by atoms with Crippen molar-refractivity contribution >= 4 is 18.0 Å². The first kappa shape index (κ1) is 15.3. The molecule has 1 aliphatic rings. The van der Waals surface area contributed by atoms with Gasteiger partial charge in [0.1, 0.15) is 0 Å². The smallest absolute Gasteiger partial charge is 0.308 e. The van der Waals surface area contributed by atoms with E-state index in [2.05, 4.69) is 6.07 Å². The summed E-state index contributed by atoms with van der Waals surface area (Å²) in [5, 5.41) is 9.05. The first-order valence-electron chi connectivity index (χ1n) is 7.24. The van der Waals surface area contributed by atoms with E-state index in [4.69, 9.17) is 5.11 Å². The van der Waals surface area contributed by atoms with E-state index in [1.165, 1.54) is 5.56 Å². The summed E-state index contributed by atoms with van der Waals surface area (Å²) in [4.78, 5) is 24.8. The molecule has 1 atom stereocenters. The number of aliphatic carboxylic acids is 1. The SMILES string of the molecule is Cc1ccc(/C=C/C(=O)N2CCC[C@H](C(=O)O)C2)c(C)c1. The lowest BCUT2D eigenvalue weighted by Gasteiger charge is -2.29. The van der Waals surface area contributed by atoms with Gasteiger partial charge in [-0.1, -0.05) is 23.8 Å². The van der Waals surface area contributed by atoms with Crippen molar-refractivity contribution in [3.8, 4) is 0 Å². The van der Waals surface area contributed by atoms with Crippen molar-refractivity contribution in [3.63, 3.8) is 0 Å². The van der Waals surface area contributed by atoms with Crippen molar-refractivity contribution in [2.75, 3.05) is 13.1 Å². The van der Waals surface area contributed by atoms with E-state index in [1.54, 1.807) is 11.0 Å². The third-order valence-electron chi connectivity index (χ3n) is 3.91. The molecular formula is C17H21NO3. The minimum absolute atomic E-state index is 0.110. The van der Waals surface area contributed by atoms with Crippen LogP contribution in [0.5, 0.6) is 0 Å². The van der Waals surface area contributed by atoms with Crippen LogP contribution in [0, 0.1) is 19.8 Å². The van der Waals surface area contributed by atoms with E-state index in [9.17, 15) is 9.59 Å². The Morgan fingerprint density at radius 3 is 2.76 bits per heavy atom. The van der Waals surface area contributed by atoms with Crippen LogP contribution in [-0.4, -0.2) is 35.0 Å². The number of benzene rings is 1. The summed E-state index contributed by atoms with van der Waals surface area (Å²) in [6.45, 7) is 5.00. The maximum Gasteiger partial charge on any atom is 0.308 e. The number of piperidine rings is 1. The van der Waals surface area contributed by atoms with E-state index in [0.29, 0.717) is 19.5 Å². The average Bonchev–Trinajstić information content (AvgIpc) is 2.46. The van der Waals surface area contributed by atoms with Crippen LogP contribution < -0.4 is 0 Å². The number of carbonyl (C=O) groups excluding carboxylic acids is 1. The first-order valence-corrected chi connectivity index (χ1v) is 7.24. The van der Waals surface area contributed by atoms with Gasteiger partial charge >= 0.3 is 5.97 Å². The lowest BCUT2D eigenvalue weighted by Crippen LogP contribution is -2.41. The van der Waals surface area contributed by atoms with Crippen molar-refractivity contribution in [1.82, 2.24) is 4.90 Å². The van der Waals surface area contributed by atoms with Gasteiger partial charge in [-0.3, -0.25) is 9.59 Å². The van der Waals surface area contributed by atoms with Crippen LogP contribution in [0.2, 0.25) is 0 Å². The number of hydrogen-bond acceptors (Lipinski definition) is 2. The minimum Gasteiger partial charge on any atom is -0.481 e. The molecule has 0 saturated carbocycles. The second-order valence-corrected chi connectivity index (χ2v) is 5.66. The van der Waals surface area contributed by atoms with Gasteiger partial charge in [-0.15, -0.1) is 0 Å². The zero-order valence-electron chi connectivity index (χ0n) is 12.5. The molecule has 0 aliphatic carbocycles. The van der Waals surface area contributed by atoms with Gasteiger partial charge in [-0.2, -0.15) is 0 Å². The third-order valence-corrected chi connectivity index (χ3v) is 3.91. The quantitative estimate of drug-likeness (QED) is 0.869. The molecule has 1 aromatic carbocycles. The van der Waals surface area contributed by atoms with Gasteiger partial charge in [0.25, 0.3) is 0 Å². The standard InChI is InChI=1S/C17H21NO3/c1-12-5-6-14(13(2)10-12)7-8-16(19)18-9-3-4-15(11-18)17(20)21/h5-8,10,15H,3-4,9,11H2,1-2H3,(H,20,21)/b8-7+/t15-/m0/s1. The Balaban J connectivity index is 2.03. The number of rotatable bonds is 3. The van der Waals surface area contributed by atoms with E-state index in [1.807, 2.05) is 32.1 Å². The van der Waals surface area contributed by atoms with E-state index < -0.39 is 11.9 Å². The summed E-state index contributed by atoms with van der Waals surface area (Å²) in [6, 6.07) is 6.08. The van der Waals surface area contributed by atoms with Crippen molar-refractivity contribution in [2.24, 2.45) is 5.92 Å². The van der Waals surface area contributed by atoms with Crippen LogP contribution in [0.1, 0.15) is 29.5 Å². The third kappa shape index (κ3) is 3.94. The molecular weight excluding hydrogens is 266 g/mol. The van der Waals surface area contributed by atoms with Crippen LogP contribution >= 0.6 is 0 Å². The Kier molecular flexibility index (Phi) is 4.78. The lowest BCUT2D eigenvalue weighted by atomic mass is 9.98. The Morgan fingerprint density at radius 2 is 2.10 bits per heavy atom. The summed E-state index contributed by atoms with van der Waals surface area (Å²) in [6.07, 6.45) is 4.75. The highest BCUT2D eigenvalue weighted by Crippen LogP contribution is 2.18. The Morgan fingerprint density at radius 1 is 1.33 bits per heavy atom. The fourth-order valence-electron chi connectivity index (χ4n) is 2.66. The summed E-state index contributed by atoms with van der Waals surface area (Å²) in [7, 11) is 0. The average molecular weight is 287 g/mol. The molecule has 1 saturated heterocycles. The Bertz CT molecular complexity index is 577. The number of carboxylic acid groups (broad SMARTS) is 1. The molecule has 0 radical (unpaired) electrons. The van der Waals surface area contributed by atoms with Crippen LogP contribution in [0.25, 0.3) is 6.08 Å². The molecule has 1 aromatic rings. The highest BCUT2D eigenvalue weighted by molar-refractivity contribution is 5.92. The molecule has 1 aliphatic heterocycles. The number of aryl methyl sites for hydroxylation is 2. The number of hydrogen-bond donors (Lipinski definition) is 1. The Labute approximate surface area is 125 Å². The summed E-state index contributed by atoms with van der Waals surface area (Å²) in [5.74, 6) is -1.36. The van der Waals surface area contributed by atoms with E-state index in [-0.39, 0.29) is 5.91 Å². The summed E-state index contributed by atoms with van der Waals surface area (Å²) in [5.41, 5.74) is 3.33. The molecule has 1 amide bonds. The second-order valence-electron chi connectivity index (χ2n) is 5.66. The molecule has 0 spiro atoms. The van der Waals surface area contributed by atoms with E-state index in [0.717, 1.165) is 17.5 Å². The molecule has 0 unspecified atom stereocenters.